The Hall–Kier alpha value is -2.91. The monoisotopic (exact) mass is 384 g/mol. The number of aryl methyl sites for hydroxylation is 2. The lowest BCUT2D eigenvalue weighted by atomic mass is 10.2. The maximum atomic E-state index is 12.1. The van der Waals surface area contributed by atoms with E-state index in [1.165, 1.54) is 17.6 Å². The average Bonchev–Trinajstić information content (AvgIpc) is 3.23. The van der Waals surface area contributed by atoms with Gasteiger partial charge in [-0.2, -0.15) is 10.2 Å². The molecule has 2 N–H and O–H groups in total. The number of nitrogens with one attached hydrogen (secondary N) is 2. The van der Waals surface area contributed by atoms with Crippen LogP contribution in [0.4, 0.5) is 5.69 Å². The Bertz CT molecular complexity index is 942. The number of carbonyl (C=O) groups is 1. The van der Waals surface area contributed by atoms with Crippen molar-refractivity contribution >= 4 is 46.7 Å². The zero-order valence-electron chi connectivity index (χ0n) is 14.1. The van der Waals surface area contributed by atoms with E-state index in [1.807, 2.05) is 24.6 Å². The molecule has 1 aromatic carbocycles. The maximum absolute atomic E-state index is 12.1. The van der Waals surface area contributed by atoms with Crippen molar-refractivity contribution in [2.45, 2.75) is 13.8 Å². The van der Waals surface area contributed by atoms with E-state index in [9.17, 15) is 4.79 Å². The van der Waals surface area contributed by atoms with E-state index in [-0.39, 0.29) is 5.91 Å². The molecule has 0 fully saturated rings. The molecule has 7 nitrogen and oxygen atoms in total. The van der Waals surface area contributed by atoms with Crippen LogP contribution in [0.2, 0.25) is 0 Å². The Morgan fingerprint density at radius 2 is 1.54 bits per heavy atom. The molecule has 2 heterocycles. The number of hydrazone groups is 2. The van der Waals surface area contributed by atoms with Gasteiger partial charge in [-0.15, -0.1) is 22.7 Å². The van der Waals surface area contributed by atoms with Gasteiger partial charge < -0.3 is 0 Å². The van der Waals surface area contributed by atoms with Gasteiger partial charge in [0.1, 0.15) is 0 Å². The van der Waals surface area contributed by atoms with Crippen LogP contribution in [0.15, 0.2) is 45.2 Å². The van der Waals surface area contributed by atoms with Crippen molar-refractivity contribution in [2.75, 3.05) is 5.43 Å². The Morgan fingerprint density at radius 1 is 0.962 bits per heavy atom. The van der Waals surface area contributed by atoms with Crippen LogP contribution in [0.25, 0.3) is 0 Å². The lowest BCUT2D eigenvalue weighted by molar-refractivity contribution is 0.0955. The minimum absolute atomic E-state index is 0.291. The fraction of sp³-hybridized carbons (Fsp3) is 0.118. The van der Waals surface area contributed by atoms with Crippen molar-refractivity contribution in [2.24, 2.45) is 10.2 Å². The van der Waals surface area contributed by atoms with E-state index >= 15 is 0 Å². The number of aromatic nitrogens is 2. The van der Waals surface area contributed by atoms with Gasteiger partial charge in [-0.25, -0.2) is 15.4 Å². The number of carbonyl (C=O) groups excluding carboxylic acids is 1. The van der Waals surface area contributed by atoms with Crippen molar-refractivity contribution in [3.05, 3.63) is 62.0 Å². The minimum atomic E-state index is -0.291. The summed E-state index contributed by atoms with van der Waals surface area (Å²) in [4.78, 5) is 20.6. The third-order valence-corrected chi connectivity index (χ3v) is 4.76. The van der Waals surface area contributed by atoms with E-state index in [0.717, 1.165) is 27.1 Å². The van der Waals surface area contributed by atoms with Crippen LogP contribution in [0.5, 0.6) is 0 Å². The molecule has 0 saturated heterocycles. The molecule has 0 aliphatic heterocycles. The molecule has 3 rings (SSSR count). The zero-order chi connectivity index (χ0) is 18.4. The number of thiazole rings is 2. The Balaban J connectivity index is 1.52. The van der Waals surface area contributed by atoms with Crippen molar-refractivity contribution in [3.63, 3.8) is 0 Å². The molecule has 0 radical (unpaired) electrons. The Morgan fingerprint density at radius 3 is 2.08 bits per heavy atom. The molecular weight excluding hydrogens is 368 g/mol. The fourth-order valence-electron chi connectivity index (χ4n) is 1.97. The summed E-state index contributed by atoms with van der Waals surface area (Å²) in [6.45, 7) is 3.86. The van der Waals surface area contributed by atoms with Gasteiger partial charge in [-0.05, 0) is 38.1 Å². The van der Waals surface area contributed by atoms with Crippen molar-refractivity contribution < 1.29 is 4.79 Å². The highest BCUT2D eigenvalue weighted by Gasteiger charge is 2.04. The van der Waals surface area contributed by atoms with Crippen LogP contribution in [0, 0.1) is 13.8 Å². The lowest BCUT2D eigenvalue weighted by Crippen LogP contribution is -2.17. The quantitative estimate of drug-likeness (QED) is 0.503. The minimum Gasteiger partial charge on any atom is -0.278 e. The molecule has 2 aromatic heterocycles. The number of hydrogen-bond acceptors (Lipinski definition) is 8. The first-order valence-corrected chi connectivity index (χ1v) is 9.43. The van der Waals surface area contributed by atoms with Gasteiger partial charge in [0.25, 0.3) is 5.91 Å². The summed E-state index contributed by atoms with van der Waals surface area (Å²) in [7, 11) is 0. The molecule has 0 aliphatic rings. The highest BCUT2D eigenvalue weighted by Crippen LogP contribution is 2.10. The molecule has 26 heavy (non-hydrogen) atoms. The number of nitrogens with zero attached hydrogens (tertiary/aromatic N) is 4. The summed E-state index contributed by atoms with van der Waals surface area (Å²) in [6.07, 6.45) is 3.17. The summed E-state index contributed by atoms with van der Waals surface area (Å²) in [6, 6.07) is 6.93. The van der Waals surface area contributed by atoms with Crippen LogP contribution < -0.4 is 10.9 Å². The Labute approximate surface area is 158 Å². The SMILES string of the molecule is Cc1nc(/C=N\NC(=O)c2ccc(N/N=C\c3csc(C)n3)cc2)cs1. The molecule has 3 aromatic rings. The van der Waals surface area contributed by atoms with Crippen LogP contribution in [0.3, 0.4) is 0 Å². The predicted molar refractivity (Wildman–Crippen MR) is 106 cm³/mol. The molecular formula is C17H16N6OS2. The molecule has 0 atom stereocenters. The van der Waals surface area contributed by atoms with Gasteiger partial charge in [-0.3, -0.25) is 10.2 Å². The second-order valence-electron chi connectivity index (χ2n) is 5.23. The first kappa shape index (κ1) is 17.9. The van der Waals surface area contributed by atoms with Crippen molar-refractivity contribution in [1.82, 2.24) is 15.4 Å². The standard InChI is InChI=1S/C17H16N6OS2/c1-11-20-15(9-25-11)7-18-22-14-5-3-13(4-6-14)17(24)23-19-8-16-10-26-12(2)21-16/h3-10,22H,1-2H3,(H,23,24)/b18-7-,19-8-. The van der Waals surface area contributed by atoms with Gasteiger partial charge >= 0.3 is 0 Å². The van der Waals surface area contributed by atoms with Gasteiger partial charge in [0.15, 0.2) is 0 Å². The molecule has 0 unspecified atom stereocenters. The van der Waals surface area contributed by atoms with Crippen molar-refractivity contribution in [3.8, 4) is 0 Å². The highest BCUT2D eigenvalue weighted by atomic mass is 32.1. The van der Waals surface area contributed by atoms with Crippen LogP contribution in [-0.4, -0.2) is 28.3 Å². The Kier molecular flexibility index (Phi) is 5.82. The summed E-state index contributed by atoms with van der Waals surface area (Å²) in [5.74, 6) is -0.291. The van der Waals surface area contributed by atoms with E-state index in [1.54, 1.807) is 41.8 Å². The zero-order valence-corrected chi connectivity index (χ0v) is 15.8. The molecule has 0 aliphatic carbocycles. The summed E-state index contributed by atoms with van der Waals surface area (Å²) in [5.41, 5.74) is 8.19. The largest absolute Gasteiger partial charge is 0.278 e. The second-order valence-corrected chi connectivity index (χ2v) is 7.35. The smallest absolute Gasteiger partial charge is 0.271 e. The van der Waals surface area contributed by atoms with Gasteiger partial charge in [0, 0.05) is 16.3 Å². The van der Waals surface area contributed by atoms with Crippen LogP contribution in [-0.2, 0) is 0 Å². The summed E-state index contributed by atoms with van der Waals surface area (Å²) < 4.78 is 0. The van der Waals surface area contributed by atoms with Gasteiger partial charge in [0.05, 0.1) is 39.5 Å². The topological polar surface area (TPSA) is 91.6 Å². The number of hydrogen-bond donors (Lipinski definition) is 2. The third-order valence-electron chi connectivity index (χ3n) is 3.17. The number of rotatable bonds is 6. The molecule has 132 valence electrons. The first-order chi connectivity index (χ1) is 12.6. The molecule has 0 spiro atoms. The van der Waals surface area contributed by atoms with E-state index in [2.05, 4.69) is 31.0 Å². The highest BCUT2D eigenvalue weighted by molar-refractivity contribution is 7.10. The first-order valence-electron chi connectivity index (χ1n) is 7.67. The lowest BCUT2D eigenvalue weighted by Gasteiger charge is -2.02. The average molecular weight is 384 g/mol. The third kappa shape index (κ3) is 5.04. The normalized spacial score (nSPS) is 11.3. The second kappa shape index (κ2) is 8.45. The summed E-state index contributed by atoms with van der Waals surface area (Å²) >= 11 is 3.10. The number of benzene rings is 1. The van der Waals surface area contributed by atoms with Crippen LogP contribution in [0.1, 0.15) is 31.8 Å². The molecule has 9 heteroatoms. The molecule has 0 saturated carbocycles. The summed E-state index contributed by atoms with van der Waals surface area (Å²) in [5, 5.41) is 13.8. The van der Waals surface area contributed by atoms with E-state index < -0.39 is 0 Å². The van der Waals surface area contributed by atoms with Gasteiger partial charge in [0.2, 0.25) is 0 Å². The maximum Gasteiger partial charge on any atom is 0.271 e. The number of anilines is 1. The molecule has 0 bridgehead atoms. The van der Waals surface area contributed by atoms with Crippen molar-refractivity contribution in [1.29, 1.82) is 0 Å². The van der Waals surface area contributed by atoms with Gasteiger partial charge in [-0.1, -0.05) is 0 Å². The molecule has 1 amide bonds. The predicted octanol–water partition coefficient (Wildman–Crippen LogP) is 3.43. The van der Waals surface area contributed by atoms with Crippen LogP contribution >= 0.6 is 22.7 Å². The van der Waals surface area contributed by atoms with E-state index in [0.29, 0.717) is 5.56 Å². The number of amides is 1. The fourth-order valence-corrected chi connectivity index (χ4v) is 3.10. The van der Waals surface area contributed by atoms with E-state index in [4.69, 9.17) is 0 Å².